The average molecular weight is 199 g/mol. The van der Waals surface area contributed by atoms with E-state index in [1.807, 2.05) is 6.92 Å². The molecular formula is C11H15F2N. The standard InChI is InChI=1S/C11H15F2N/c1-3-4-11(2,14)8-5-9(12)7-10(13)6-8/h5-7H,3-4,14H2,1-2H3. The van der Waals surface area contributed by atoms with Gasteiger partial charge in [-0.3, -0.25) is 0 Å². The van der Waals surface area contributed by atoms with E-state index in [0.717, 1.165) is 12.5 Å². The van der Waals surface area contributed by atoms with Crippen molar-refractivity contribution < 1.29 is 8.78 Å². The Morgan fingerprint density at radius 1 is 1.21 bits per heavy atom. The molecule has 1 aromatic rings. The van der Waals surface area contributed by atoms with Gasteiger partial charge in [-0.1, -0.05) is 13.3 Å². The molecule has 1 rings (SSSR count). The highest BCUT2D eigenvalue weighted by atomic mass is 19.1. The highest BCUT2D eigenvalue weighted by molar-refractivity contribution is 5.24. The third-order valence-corrected chi connectivity index (χ3v) is 2.29. The Kier molecular flexibility index (Phi) is 3.21. The molecule has 0 spiro atoms. The van der Waals surface area contributed by atoms with Gasteiger partial charge >= 0.3 is 0 Å². The van der Waals surface area contributed by atoms with Gasteiger partial charge in [0.2, 0.25) is 0 Å². The van der Waals surface area contributed by atoms with Gasteiger partial charge in [-0.15, -0.1) is 0 Å². The zero-order valence-electron chi connectivity index (χ0n) is 8.48. The maximum absolute atomic E-state index is 12.9. The summed E-state index contributed by atoms with van der Waals surface area (Å²) in [7, 11) is 0. The fourth-order valence-electron chi connectivity index (χ4n) is 1.55. The summed E-state index contributed by atoms with van der Waals surface area (Å²) in [5, 5.41) is 0. The van der Waals surface area contributed by atoms with Gasteiger partial charge in [-0.2, -0.15) is 0 Å². The highest BCUT2D eigenvalue weighted by Crippen LogP contribution is 2.24. The first-order valence-corrected chi connectivity index (χ1v) is 4.71. The Morgan fingerprint density at radius 2 is 1.71 bits per heavy atom. The molecule has 0 saturated carbocycles. The Morgan fingerprint density at radius 3 is 2.14 bits per heavy atom. The van der Waals surface area contributed by atoms with E-state index in [9.17, 15) is 8.78 Å². The Bertz CT molecular complexity index is 301. The SMILES string of the molecule is CCCC(C)(N)c1cc(F)cc(F)c1. The summed E-state index contributed by atoms with van der Waals surface area (Å²) in [6.07, 6.45) is 1.58. The van der Waals surface area contributed by atoms with Gasteiger partial charge in [-0.05, 0) is 31.0 Å². The van der Waals surface area contributed by atoms with E-state index >= 15 is 0 Å². The summed E-state index contributed by atoms with van der Waals surface area (Å²) >= 11 is 0. The minimum absolute atomic E-state index is 0.511. The normalized spacial score (nSPS) is 15.2. The van der Waals surface area contributed by atoms with Gasteiger partial charge in [0.15, 0.2) is 0 Å². The van der Waals surface area contributed by atoms with Crippen molar-refractivity contribution in [3.8, 4) is 0 Å². The van der Waals surface area contributed by atoms with Crippen LogP contribution < -0.4 is 5.73 Å². The highest BCUT2D eigenvalue weighted by Gasteiger charge is 2.21. The molecule has 0 saturated heterocycles. The van der Waals surface area contributed by atoms with Gasteiger partial charge in [0, 0.05) is 11.6 Å². The van der Waals surface area contributed by atoms with Crippen molar-refractivity contribution in [1.29, 1.82) is 0 Å². The summed E-state index contributed by atoms with van der Waals surface area (Å²) in [5.41, 5.74) is 5.81. The molecule has 2 N–H and O–H groups in total. The first-order chi connectivity index (χ1) is 6.45. The predicted octanol–water partition coefficient (Wildman–Crippen LogP) is 2.94. The van der Waals surface area contributed by atoms with Gasteiger partial charge in [0.25, 0.3) is 0 Å². The maximum Gasteiger partial charge on any atom is 0.126 e. The van der Waals surface area contributed by atoms with Crippen LogP contribution in [0.5, 0.6) is 0 Å². The zero-order chi connectivity index (χ0) is 10.8. The second kappa shape index (κ2) is 4.05. The summed E-state index contributed by atoms with van der Waals surface area (Å²) in [6, 6.07) is 3.43. The van der Waals surface area contributed by atoms with Crippen molar-refractivity contribution in [1.82, 2.24) is 0 Å². The van der Waals surface area contributed by atoms with Crippen LogP contribution in [0.2, 0.25) is 0 Å². The van der Waals surface area contributed by atoms with E-state index in [4.69, 9.17) is 5.73 Å². The van der Waals surface area contributed by atoms with E-state index < -0.39 is 17.2 Å². The summed E-state index contributed by atoms with van der Waals surface area (Å²) in [4.78, 5) is 0. The molecule has 1 atom stereocenters. The quantitative estimate of drug-likeness (QED) is 0.795. The van der Waals surface area contributed by atoms with Crippen LogP contribution in [-0.2, 0) is 5.54 Å². The van der Waals surface area contributed by atoms with Gasteiger partial charge in [-0.25, -0.2) is 8.78 Å². The molecule has 1 aromatic carbocycles. The molecule has 0 aliphatic heterocycles. The number of hydrogen-bond acceptors (Lipinski definition) is 1. The average Bonchev–Trinajstić information content (AvgIpc) is 2.02. The summed E-state index contributed by atoms with van der Waals surface area (Å²) in [6.45, 7) is 3.77. The largest absolute Gasteiger partial charge is 0.322 e. The third kappa shape index (κ3) is 2.51. The van der Waals surface area contributed by atoms with E-state index in [1.165, 1.54) is 12.1 Å². The van der Waals surface area contributed by atoms with Crippen LogP contribution in [0.3, 0.4) is 0 Å². The molecule has 0 bridgehead atoms. The van der Waals surface area contributed by atoms with Gasteiger partial charge in [0.1, 0.15) is 11.6 Å². The van der Waals surface area contributed by atoms with Crippen LogP contribution in [0, 0.1) is 11.6 Å². The minimum Gasteiger partial charge on any atom is -0.322 e. The first kappa shape index (κ1) is 11.1. The molecule has 78 valence electrons. The van der Waals surface area contributed by atoms with Gasteiger partial charge < -0.3 is 5.73 Å². The van der Waals surface area contributed by atoms with Crippen molar-refractivity contribution in [2.45, 2.75) is 32.2 Å². The Hall–Kier alpha value is -0.960. The lowest BCUT2D eigenvalue weighted by molar-refractivity contribution is 0.439. The molecule has 0 heterocycles. The van der Waals surface area contributed by atoms with Crippen molar-refractivity contribution in [2.24, 2.45) is 5.73 Å². The van der Waals surface area contributed by atoms with Crippen molar-refractivity contribution in [2.75, 3.05) is 0 Å². The Balaban J connectivity index is 3.05. The van der Waals surface area contributed by atoms with Crippen molar-refractivity contribution >= 4 is 0 Å². The van der Waals surface area contributed by atoms with E-state index in [1.54, 1.807) is 6.92 Å². The molecule has 3 heteroatoms. The van der Waals surface area contributed by atoms with Crippen LogP contribution >= 0.6 is 0 Å². The van der Waals surface area contributed by atoms with Gasteiger partial charge in [0.05, 0.1) is 0 Å². The summed E-state index contributed by atoms with van der Waals surface area (Å²) in [5.74, 6) is -1.15. The lowest BCUT2D eigenvalue weighted by atomic mass is 9.88. The van der Waals surface area contributed by atoms with Crippen LogP contribution in [0.4, 0.5) is 8.78 Å². The number of benzene rings is 1. The molecule has 1 nitrogen and oxygen atoms in total. The lowest BCUT2D eigenvalue weighted by Crippen LogP contribution is -2.32. The molecular weight excluding hydrogens is 184 g/mol. The molecule has 1 unspecified atom stereocenters. The van der Waals surface area contributed by atoms with Crippen LogP contribution in [0.1, 0.15) is 32.3 Å². The van der Waals surface area contributed by atoms with Crippen LogP contribution in [0.15, 0.2) is 18.2 Å². The monoisotopic (exact) mass is 199 g/mol. The molecule has 14 heavy (non-hydrogen) atoms. The van der Waals surface area contributed by atoms with E-state index in [2.05, 4.69) is 0 Å². The lowest BCUT2D eigenvalue weighted by Gasteiger charge is -2.24. The molecule has 0 aromatic heterocycles. The second-order valence-corrected chi connectivity index (χ2v) is 3.83. The third-order valence-electron chi connectivity index (χ3n) is 2.29. The smallest absolute Gasteiger partial charge is 0.126 e. The summed E-state index contributed by atoms with van der Waals surface area (Å²) < 4.78 is 25.8. The van der Waals surface area contributed by atoms with E-state index in [0.29, 0.717) is 12.0 Å². The fraction of sp³-hybridized carbons (Fsp3) is 0.455. The predicted molar refractivity (Wildman–Crippen MR) is 52.8 cm³/mol. The molecule has 0 amide bonds. The molecule has 0 aliphatic carbocycles. The fourth-order valence-corrected chi connectivity index (χ4v) is 1.55. The Labute approximate surface area is 82.9 Å². The zero-order valence-corrected chi connectivity index (χ0v) is 8.48. The van der Waals surface area contributed by atoms with Crippen molar-refractivity contribution in [3.63, 3.8) is 0 Å². The maximum atomic E-state index is 12.9. The first-order valence-electron chi connectivity index (χ1n) is 4.71. The van der Waals surface area contributed by atoms with Crippen LogP contribution in [0.25, 0.3) is 0 Å². The topological polar surface area (TPSA) is 26.0 Å². The minimum atomic E-state index is -0.655. The number of halogens is 2. The number of nitrogens with two attached hydrogens (primary N) is 1. The number of hydrogen-bond donors (Lipinski definition) is 1. The van der Waals surface area contributed by atoms with Crippen molar-refractivity contribution in [3.05, 3.63) is 35.4 Å². The number of rotatable bonds is 3. The van der Waals surface area contributed by atoms with Crippen LogP contribution in [-0.4, -0.2) is 0 Å². The molecule has 0 radical (unpaired) electrons. The van der Waals surface area contributed by atoms with E-state index in [-0.39, 0.29) is 0 Å². The molecule has 0 aliphatic rings. The second-order valence-electron chi connectivity index (χ2n) is 3.83. The molecule has 0 fully saturated rings.